The topological polar surface area (TPSA) is 38.8 Å². The molecule has 0 unspecified atom stereocenters. The average Bonchev–Trinajstić information content (AvgIpc) is 2.93. The van der Waals surface area contributed by atoms with Gasteiger partial charge in [-0.05, 0) is 54.6 Å². The van der Waals surface area contributed by atoms with Crippen LogP contribution in [0.3, 0.4) is 0 Å². The number of esters is 1. The van der Waals surface area contributed by atoms with Crippen LogP contribution in [0.2, 0.25) is 0 Å². The van der Waals surface area contributed by atoms with Gasteiger partial charge in [-0.2, -0.15) is 0 Å². The summed E-state index contributed by atoms with van der Waals surface area (Å²) < 4.78 is 12.2. The predicted molar refractivity (Wildman–Crippen MR) is 95.7 cm³/mol. The quantitative estimate of drug-likeness (QED) is 0.470. The summed E-state index contributed by atoms with van der Waals surface area (Å²) in [5, 5.41) is 0. The molecule has 25 heavy (non-hydrogen) atoms. The number of carbonyl (C=O) groups excluding carboxylic acids is 1. The van der Waals surface area contributed by atoms with Gasteiger partial charge in [-0.3, -0.25) is 0 Å². The maximum atomic E-state index is 12.4. The Morgan fingerprint density at radius 1 is 1.12 bits per heavy atom. The molecule has 3 aliphatic carbocycles. The Balaban J connectivity index is 1.31. The fraction of sp³-hybridized carbons (Fsp3) is 0.591. The highest BCUT2D eigenvalue weighted by Gasteiger charge is 2.81. The van der Waals surface area contributed by atoms with E-state index in [1.54, 1.807) is 6.08 Å². The van der Waals surface area contributed by atoms with Crippen molar-refractivity contribution in [2.75, 3.05) is 0 Å². The molecule has 1 aromatic rings. The van der Waals surface area contributed by atoms with Gasteiger partial charge in [0.25, 0.3) is 0 Å². The van der Waals surface area contributed by atoms with Gasteiger partial charge < -0.3 is 9.47 Å². The molecule has 5 rings (SSSR count). The first kappa shape index (κ1) is 15.6. The number of rotatable bonds is 3. The van der Waals surface area contributed by atoms with Crippen molar-refractivity contribution in [3.05, 3.63) is 42.0 Å². The average molecular weight is 338 g/mol. The van der Waals surface area contributed by atoms with E-state index in [4.69, 9.17) is 9.47 Å². The van der Waals surface area contributed by atoms with Gasteiger partial charge in [0.15, 0.2) is 0 Å². The van der Waals surface area contributed by atoms with Gasteiger partial charge in [-0.25, -0.2) is 4.79 Å². The van der Waals surface area contributed by atoms with Crippen LogP contribution in [0.1, 0.15) is 45.1 Å². The van der Waals surface area contributed by atoms with Gasteiger partial charge in [0, 0.05) is 12.0 Å². The number of hydrogen-bond acceptors (Lipinski definition) is 3. The van der Waals surface area contributed by atoms with Crippen molar-refractivity contribution < 1.29 is 14.3 Å². The predicted octanol–water partition coefficient (Wildman–Crippen LogP) is 4.23. The van der Waals surface area contributed by atoms with E-state index in [0.717, 1.165) is 18.4 Å². The molecule has 1 saturated heterocycles. The summed E-state index contributed by atoms with van der Waals surface area (Å²) >= 11 is 0. The van der Waals surface area contributed by atoms with Crippen LogP contribution in [-0.4, -0.2) is 23.8 Å². The van der Waals surface area contributed by atoms with E-state index in [1.165, 1.54) is 12.8 Å². The fourth-order valence-corrected chi connectivity index (χ4v) is 6.58. The van der Waals surface area contributed by atoms with Crippen LogP contribution in [0, 0.1) is 23.2 Å². The maximum absolute atomic E-state index is 12.4. The van der Waals surface area contributed by atoms with Crippen LogP contribution < -0.4 is 0 Å². The molecule has 0 aromatic heterocycles. The number of epoxide rings is 1. The normalized spacial score (nSPS) is 42.9. The first-order valence-corrected chi connectivity index (χ1v) is 9.65. The lowest BCUT2D eigenvalue weighted by atomic mass is 9.73. The SMILES string of the molecule is CC1(C)[C@@H]2CC[C@H](OC(=O)/C=C/c3ccccc3)[C@@H]2[C@@H]2CC[C@H]3O[C@]321. The smallest absolute Gasteiger partial charge is 0.331 e. The summed E-state index contributed by atoms with van der Waals surface area (Å²) in [6.07, 6.45) is 8.52. The highest BCUT2D eigenvalue weighted by atomic mass is 16.6. The molecular weight excluding hydrogens is 312 g/mol. The van der Waals surface area contributed by atoms with Gasteiger partial charge in [-0.1, -0.05) is 44.2 Å². The van der Waals surface area contributed by atoms with Crippen LogP contribution >= 0.6 is 0 Å². The van der Waals surface area contributed by atoms with Crippen molar-refractivity contribution in [1.29, 1.82) is 0 Å². The third-order valence-electron chi connectivity index (χ3n) is 7.58. The Bertz CT molecular complexity index is 722. The molecule has 1 spiro atoms. The summed E-state index contributed by atoms with van der Waals surface area (Å²) in [6, 6.07) is 9.89. The van der Waals surface area contributed by atoms with Gasteiger partial charge in [0.2, 0.25) is 0 Å². The Morgan fingerprint density at radius 2 is 1.88 bits per heavy atom. The lowest BCUT2D eigenvalue weighted by Gasteiger charge is -2.30. The maximum Gasteiger partial charge on any atom is 0.331 e. The van der Waals surface area contributed by atoms with Crippen LogP contribution in [0.25, 0.3) is 6.08 Å². The second-order valence-electron chi connectivity index (χ2n) is 8.79. The van der Waals surface area contributed by atoms with Crippen molar-refractivity contribution in [3.63, 3.8) is 0 Å². The van der Waals surface area contributed by atoms with Crippen molar-refractivity contribution >= 4 is 12.0 Å². The molecule has 0 amide bonds. The zero-order valence-corrected chi connectivity index (χ0v) is 15.0. The molecule has 1 aromatic carbocycles. The summed E-state index contributed by atoms with van der Waals surface area (Å²) in [7, 11) is 0. The third-order valence-corrected chi connectivity index (χ3v) is 7.58. The molecule has 0 N–H and O–H groups in total. The molecule has 3 saturated carbocycles. The number of carbonyl (C=O) groups is 1. The number of hydrogen-bond donors (Lipinski definition) is 0. The van der Waals surface area contributed by atoms with Gasteiger partial charge in [0.1, 0.15) is 11.7 Å². The van der Waals surface area contributed by atoms with E-state index in [-0.39, 0.29) is 23.1 Å². The Labute approximate surface area is 149 Å². The molecular formula is C22H26O3. The summed E-state index contributed by atoms with van der Waals surface area (Å²) in [6.45, 7) is 4.77. The van der Waals surface area contributed by atoms with E-state index in [9.17, 15) is 4.79 Å². The summed E-state index contributed by atoms with van der Waals surface area (Å²) in [5.74, 6) is 1.48. The summed E-state index contributed by atoms with van der Waals surface area (Å²) in [5.41, 5.74) is 1.33. The Kier molecular flexibility index (Phi) is 3.25. The molecule has 3 heteroatoms. The first-order chi connectivity index (χ1) is 12.0. The van der Waals surface area contributed by atoms with E-state index in [0.29, 0.717) is 23.9 Å². The number of benzene rings is 1. The Morgan fingerprint density at radius 3 is 2.64 bits per heavy atom. The van der Waals surface area contributed by atoms with Crippen LogP contribution in [-0.2, 0) is 14.3 Å². The second-order valence-corrected chi connectivity index (χ2v) is 8.79. The zero-order chi connectivity index (χ0) is 17.2. The van der Waals surface area contributed by atoms with Crippen molar-refractivity contribution in [1.82, 2.24) is 0 Å². The minimum atomic E-state index is -0.209. The minimum Gasteiger partial charge on any atom is -0.459 e. The molecule has 3 nitrogen and oxygen atoms in total. The third kappa shape index (κ3) is 2.05. The second kappa shape index (κ2) is 5.20. The number of fused-ring (bicyclic) bond motifs is 2. The lowest BCUT2D eigenvalue weighted by Crippen LogP contribution is -2.35. The van der Waals surface area contributed by atoms with E-state index in [1.807, 2.05) is 36.4 Å². The lowest BCUT2D eigenvalue weighted by molar-refractivity contribution is -0.145. The van der Waals surface area contributed by atoms with Crippen molar-refractivity contribution in [2.24, 2.45) is 23.2 Å². The molecule has 0 bridgehead atoms. The van der Waals surface area contributed by atoms with Crippen LogP contribution in [0.4, 0.5) is 0 Å². The van der Waals surface area contributed by atoms with E-state index in [2.05, 4.69) is 13.8 Å². The highest BCUT2D eigenvalue weighted by Crippen LogP contribution is 2.75. The standard InChI is InChI=1S/C22H26O3/c1-21(2)15-9-11-17(20(15)16-10-12-18-22(16,21)25-18)24-19(23)13-8-14-6-4-3-5-7-14/h3-8,13,15-18,20H,9-12H2,1-2H3/b13-8+/t15-,16+,17+,18-,20+,22+/m1/s1. The molecule has 4 fully saturated rings. The van der Waals surface area contributed by atoms with Gasteiger partial charge in [0.05, 0.1) is 6.10 Å². The van der Waals surface area contributed by atoms with Crippen LogP contribution in [0.5, 0.6) is 0 Å². The van der Waals surface area contributed by atoms with Crippen molar-refractivity contribution in [2.45, 2.75) is 57.3 Å². The molecule has 1 heterocycles. The largest absolute Gasteiger partial charge is 0.459 e. The molecule has 132 valence electrons. The summed E-state index contributed by atoms with van der Waals surface area (Å²) in [4.78, 5) is 12.4. The Hall–Kier alpha value is -1.61. The van der Waals surface area contributed by atoms with Crippen LogP contribution in [0.15, 0.2) is 36.4 Å². The van der Waals surface area contributed by atoms with Gasteiger partial charge >= 0.3 is 5.97 Å². The zero-order valence-electron chi connectivity index (χ0n) is 15.0. The monoisotopic (exact) mass is 338 g/mol. The fourth-order valence-electron chi connectivity index (χ4n) is 6.58. The highest BCUT2D eigenvalue weighted by molar-refractivity contribution is 5.87. The molecule has 6 atom stereocenters. The minimum absolute atomic E-state index is 0.0597. The van der Waals surface area contributed by atoms with E-state index >= 15 is 0 Å². The number of ether oxygens (including phenoxy) is 2. The first-order valence-electron chi connectivity index (χ1n) is 9.65. The van der Waals surface area contributed by atoms with Crippen molar-refractivity contribution in [3.8, 4) is 0 Å². The molecule has 0 radical (unpaired) electrons. The molecule has 4 aliphatic rings. The van der Waals surface area contributed by atoms with Gasteiger partial charge in [-0.15, -0.1) is 0 Å². The van der Waals surface area contributed by atoms with E-state index < -0.39 is 0 Å². The molecule has 1 aliphatic heterocycles.